The van der Waals surface area contributed by atoms with Gasteiger partial charge in [-0.2, -0.15) is 5.10 Å². The topological polar surface area (TPSA) is 36.4 Å². The molecule has 3 nitrogen and oxygen atoms in total. The highest BCUT2D eigenvalue weighted by atomic mass is 32.1. The average molecular weight is 321 g/mol. The number of benzene rings is 1. The molecule has 21 heavy (non-hydrogen) atoms. The van der Waals surface area contributed by atoms with E-state index in [1.54, 1.807) is 23.5 Å². The molecule has 0 fully saturated rings. The van der Waals surface area contributed by atoms with Gasteiger partial charge in [0.2, 0.25) is 0 Å². The van der Waals surface area contributed by atoms with E-state index in [-0.39, 0.29) is 5.82 Å². The van der Waals surface area contributed by atoms with Crippen LogP contribution in [0, 0.1) is 12.7 Å². The summed E-state index contributed by atoms with van der Waals surface area (Å²) in [7, 11) is 0. The summed E-state index contributed by atoms with van der Waals surface area (Å²) in [5, 5.41) is 7.71. The van der Waals surface area contributed by atoms with Gasteiger partial charge in [-0.25, -0.2) is 4.39 Å². The third kappa shape index (κ3) is 4.91. The Morgan fingerprint density at radius 3 is 2.57 bits per heavy atom. The Morgan fingerprint density at radius 1 is 1.24 bits per heavy atom. The summed E-state index contributed by atoms with van der Waals surface area (Å²) in [6, 6.07) is 10.4. The van der Waals surface area contributed by atoms with Crippen LogP contribution < -0.4 is 10.7 Å². The van der Waals surface area contributed by atoms with E-state index in [4.69, 9.17) is 12.2 Å². The lowest BCUT2D eigenvalue weighted by Gasteiger charge is -2.07. The highest BCUT2D eigenvalue weighted by Crippen LogP contribution is 2.15. The summed E-state index contributed by atoms with van der Waals surface area (Å²) in [6.07, 6.45) is 0. The predicted octanol–water partition coefficient (Wildman–Crippen LogP) is 3.58. The number of thiophene rings is 1. The maximum atomic E-state index is 12.8. The molecule has 1 heterocycles. The largest absolute Gasteiger partial charge is 0.357 e. The van der Waals surface area contributed by atoms with E-state index in [2.05, 4.69) is 28.8 Å². The van der Waals surface area contributed by atoms with Crippen LogP contribution in [0.4, 0.5) is 4.39 Å². The minimum absolute atomic E-state index is 0.245. The van der Waals surface area contributed by atoms with E-state index >= 15 is 0 Å². The van der Waals surface area contributed by atoms with Crippen LogP contribution in [-0.2, 0) is 6.54 Å². The molecule has 0 saturated carbocycles. The van der Waals surface area contributed by atoms with Gasteiger partial charge >= 0.3 is 0 Å². The Hall–Kier alpha value is -1.79. The van der Waals surface area contributed by atoms with Gasteiger partial charge in [-0.05, 0) is 55.9 Å². The molecule has 0 saturated heterocycles. The monoisotopic (exact) mass is 321 g/mol. The number of hydrogen-bond acceptors (Lipinski definition) is 3. The summed E-state index contributed by atoms with van der Waals surface area (Å²) in [4.78, 5) is 2.36. The van der Waals surface area contributed by atoms with Gasteiger partial charge in [0.15, 0.2) is 5.11 Å². The second-order valence-corrected chi connectivity index (χ2v) is 6.22. The number of nitrogens with one attached hydrogen (secondary N) is 2. The lowest BCUT2D eigenvalue weighted by molar-refractivity contribution is 0.626. The zero-order chi connectivity index (χ0) is 15.2. The molecule has 0 aliphatic heterocycles. The minimum Gasteiger partial charge on any atom is -0.357 e. The van der Waals surface area contributed by atoms with Crippen molar-refractivity contribution < 1.29 is 4.39 Å². The second-order valence-electron chi connectivity index (χ2n) is 4.53. The predicted molar refractivity (Wildman–Crippen MR) is 90.2 cm³/mol. The van der Waals surface area contributed by atoms with Crippen molar-refractivity contribution in [2.75, 3.05) is 0 Å². The van der Waals surface area contributed by atoms with E-state index < -0.39 is 0 Å². The molecule has 0 aliphatic rings. The molecule has 0 unspecified atom stereocenters. The van der Waals surface area contributed by atoms with Gasteiger partial charge in [-0.15, -0.1) is 11.3 Å². The molecule has 2 N–H and O–H groups in total. The number of aryl methyl sites for hydroxylation is 1. The Morgan fingerprint density at radius 2 is 1.95 bits per heavy atom. The molecular formula is C15H16FN3S2. The fraction of sp³-hybridized carbons (Fsp3) is 0.200. The first-order valence-electron chi connectivity index (χ1n) is 6.44. The molecule has 0 aliphatic carbocycles. The Labute approximate surface area is 132 Å². The first-order valence-corrected chi connectivity index (χ1v) is 7.66. The zero-order valence-corrected chi connectivity index (χ0v) is 13.4. The van der Waals surface area contributed by atoms with Gasteiger partial charge in [0.1, 0.15) is 5.82 Å². The molecule has 0 spiro atoms. The van der Waals surface area contributed by atoms with Gasteiger partial charge in [0.25, 0.3) is 0 Å². The molecular weight excluding hydrogens is 305 g/mol. The zero-order valence-electron chi connectivity index (χ0n) is 11.8. The van der Waals surface area contributed by atoms with E-state index in [9.17, 15) is 4.39 Å². The van der Waals surface area contributed by atoms with Crippen LogP contribution in [0.2, 0.25) is 0 Å². The smallest absolute Gasteiger partial charge is 0.187 e. The average Bonchev–Trinajstić information content (AvgIpc) is 2.91. The van der Waals surface area contributed by atoms with Crippen molar-refractivity contribution in [3.8, 4) is 0 Å². The minimum atomic E-state index is -0.245. The maximum Gasteiger partial charge on any atom is 0.187 e. The molecule has 110 valence electrons. The van der Waals surface area contributed by atoms with Crippen molar-refractivity contribution in [1.82, 2.24) is 10.7 Å². The summed E-state index contributed by atoms with van der Waals surface area (Å²) in [5.41, 5.74) is 4.65. The maximum absolute atomic E-state index is 12.8. The van der Waals surface area contributed by atoms with Crippen LogP contribution in [0.15, 0.2) is 41.5 Å². The highest BCUT2D eigenvalue weighted by Gasteiger charge is 2.01. The van der Waals surface area contributed by atoms with Crippen LogP contribution in [0.25, 0.3) is 0 Å². The molecule has 0 bridgehead atoms. The van der Waals surface area contributed by atoms with Gasteiger partial charge in [0, 0.05) is 11.4 Å². The highest BCUT2D eigenvalue weighted by molar-refractivity contribution is 7.80. The first kappa shape index (κ1) is 15.6. The number of thiocarbonyl (C=S) groups is 1. The molecule has 1 aromatic carbocycles. The van der Waals surface area contributed by atoms with Crippen LogP contribution in [0.1, 0.15) is 22.2 Å². The molecule has 0 atom stereocenters. The van der Waals surface area contributed by atoms with Gasteiger partial charge in [-0.3, -0.25) is 5.43 Å². The molecule has 2 rings (SSSR count). The molecule has 6 heteroatoms. The first-order chi connectivity index (χ1) is 10.0. The summed E-state index contributed by atoms with van der Waals surface area (Å²) in [6.45, 7) is 4.52. The van der Waals surface area contributed by atoms with Crippen molar-refractivity contribution in [2.24, 2.45) is 5.10 Å². The summed E-state index contributed by atoms with van der Waals surface area (Å²) < 4.78 is 12.8. The normalized spacial score (nSPS) is 11.3. The Bertz CT molecular complexity index is 647. The van der Waals surface area contributed by atoms with Gasteiger partial charge in [0.05, 0.1) is 10.6 Å². The third-order valence-corrected chi connectivity index (χ3v) is 4.13. The number of rotatable bonds is 4. The van der Waals surface area contributed by atoms with Crippen LogP contribution in [-0.4, -0.2) is 10.8 Å². The standard InChI is InChI=1S/C15H16FN3S2/c1-10-3-8-14(21-10)11(2)18-19-15(20)17-9-12-4-6-13(16)7-5-12/h3-8H,9H2,1-2H3,(H2,17,19,20)/b18-11-. The van der Waals surface area contributed by atoms with E-state index in [1.807, 2.05) is 13.0 Å². The van der Waals surface area contributed by atoms with Crippen LogP contribution >= 0.6 is 23.6 Å². The summed E-state index contributed by atoms with van der Waals surface area (Å²) >= 11 is 6.84. The number of halogens is 1. The quantitative estimate of drug-likeness (QED) is 0.513. The number of hydrogen-bond donors (Lipinski definition) is 2. The van der Waals surface area contributed by atoms with Crippen molar-refractivity contribution in [2.45, 2.75) is 20.4 Å². The molecule has 2 aromatic rings. The van der Waals surface area contributed by atoms with Crippen LogP contribution in [0.3, 0.4) is 0 Å². The fourth-order valence-electron chi connectivity index (χ4n) is 1.64. The number of nitrogens with zero attached hydrogens (tertiary/aromatic N) is 1. The van der Waals surface area contributed by atoms with E-state index in [1.165, 1.54) is 17.0 Å². The van der Waals surface area contributed by atoms with Gasteiger partial charge < -0.3 is 5.32 Å². The number of hydrazone groups is 1. The molecule has 1 aromatic heterocycles. The van der Waals surface area contributed by atoms with Crippen molar-refractivity contribution in [3.05, 3.63) is 57.5 Å². The van der Waals surface area contributed by atoms with Crippen molar-refractivity contribution in [1.29, 1.82) is 0 Å². The lowest BCUT2D eigenvalue weighted by Crippen LogP contribution is -2.32. The molecule has 0 radical (unpaired) electrons. The van der Waals surface area contributed by atoms with Crippen molar-refractivity contribution in [3.63, 3.8) is 0 Å². The Balaban J connectivity index is 1.83. The lowest BCUT2D eigenvalue weighted by atomic mass is 10.2. The second kappa shape index (κ2) is 7.28. The molecule has 0 amide bonds. The van der Waals surface area contributed by atoms with E-state index in [0.29, 0.717) is 11.7 Å². The van der Waals surface area contributed by atoms with Crippen molar-refractivity contribution >= 4 is 34.4 Å². The SMILES string of the molecule is C/C(=N/NC(=S)NCc1ccc(F)cc1)c1ccc(C)s1. The fourth-order valence-corrected chi connectivity index (χ4v) is 2.57. The third-order valence-electron chi connectivity index (χ3n) is 2.79. The van der Waals surface area contributed by atoms with Gasteiger partial charge in [-0.1, -0.05) is 12.1 Å². The summed E-state index contributed by atoms with van der Waals surface area (Å²) in [5.74, 6) is -0.245. The van der Waals surface area contributed by atoms with Crippen LogP contribution in [0.5, 0.6) is 0 Å². The Kier molecular flexibility index (Phi) is 5.41. The van der Waals surface area contributed by atoms with E-state index in [0.717, 1.165) is 16.2 Å².